The number of fused-ring (bicyclic) bond motifs is 1. The SMILES string of the molecule is COc1cc(NC(=O)CCc2nc3ccccc3s2)c(OC)cc1Cl. The zero-order chi connectivity index (χ0) is 17.8. The number of amides is 1. The highest BCUT2D eigenvalue weighted by Gasteiger charge is 2.13. The highest BCUT2D eigenvalue weighted by Crippen LogP contribution is 2.36. The predicted molar refractivity (Wildman–Crippen MR) is 101 cm³/mol. The van der Waals surface area contributed by atoms with Crippen molar-refractivity contribution in [1.82, 2.24) is 4.98 Å². The molecule has 0 aliphatic heterocycles. The number of nitrogens with one attached hydrogen (secondary N) is 1. The number of methoxy groups -OCH3 is 2. The first kappa shape index (κ1) is 17.5. The lowest BCUT2D eigenvalue weighted by Crippen LogP contribution is -2.13. The zero-order valence-corrected chi connectivity index (χ0v) is 15.4. The van der Waals surface area contributed by atoms with Gasteiger partial charge in [-0.25, -0.2) is 4.98 Å². The average molecular weight is 377 g/mol. The van der Waals surface area contributed by atoms with Crippen molar-refractivity contribution in [3.63, 3.8) is 0 Å². The van der Waals surface area contributed by atoms with Crippen LogP contribution in [-0.4, -0.2) is 25.1 Å². The Hall–Kier alpha value is -2.31. The molecule has 130 valence electrons. The van der Waals surface area contributed by atoms with Gasteiger partial charge < -0.3 is 14.8 Å². The molecule has 25 heavy (non-hydrogen) atoms. The number of anilines is 1. The number of carbonyl (C=O) groups is 1. The van der Waals surface area contributed by atoms with Crippen LogP contribution < -0.4 is 14.8 Å². The van der Waals surface area contributed by atoms with Gasteiger partial charge in [-0.2, -0.15) is 0 Å². The molecule has 5 nitrogen and oxygen atoms in total. The van der Waals surface area contributed by atoms with E-state index >= 15 is 0 Å². The van der Waals surface area contributed by atoms with Crippen LogP contribution in [0.3, 0.4) is 0 Å². The minimum atomic E-state index is -0.123. The van der Waals surface area contributed by atoms with Crippen LogP contribution in [-0.2, 0) is 11.2 Å². The molecule has 0 radical (unpaired) electrons. The van der Waals surface area contributed by atoms with Gasteiger partial charge in [0.25, 0.3) is 0 Å². The summed E-state index contributed by atoms with van der Waals surface area (Å²) in [6, 6.07) is 11.2. The maximum Gasteiger partial charge on any atom is 0.224 e. The fourth-order valence-corrected chi connectivity index (χ4v) is 3.62. The highest BCUT2D eigenvalue weighted by atomic mass is 35.5. The summed E-state index contributed by atoms with van der Waals surface area (Å²) in [6.45, 7) is 0. The molecule has 0 fully saturated rings. The van der Waals surface area contributed by atoms with Crippen molar-refractivity contribution in [2.24, 2.45) is 0 Å². The van der Waals surface area contributed by atoms with E-state index in [2.05, 4.69) is 10.3 Å². The van der Waals surface area contributed by atoms with Gasteiger partial charge in [0.15, 0.2) is 0 Å². The van der Waals surface area contributed by atoms with Gasteiger partial charge in [-0.3, -0.25) is 4.79 Å². The molecule has 0 atom stereocenters. The van der Waals surface area contributed by atoms with Crippen molar-refractivity contribution in [1.29, 1.82) is 0 Å². The third kappa shape index (κ3) is 4.03. The molecular weight excluding hydrogens is 360 g/mol. The van der Waals surface area contributed by atoms with Crippen molar-refractivity contribution >= 4 is 44.7 Å². The molecule has 0 spiro atoms. The molecule has 0 unspecified atom stereocenters. The molecule has 1 amide bonds. The Balaban J connectivity index is 1.68. The highest BCUT2D eigenvalue weighted by molar-refractivity contribution is 7.18. The van der Waals surface area contributed by atoms with Crippen LogP contribution in [0.1, 0.15) is 11.4 Å². The summed E-state index contributed by atoms with van der Waals surface area (Å²) in [5.41, 5.74) is 1.49. The fourth-order valence-electron chi connectivity index (χ4n) is 2.42. The summed E-state index contributed by atoms with van der Waals surface area (Å²) >= 11 is 7.68. The minimum absolute atomic E-state index is 0.123. The number of thiazole rings is 1. The summed E-state index contributed by atoms with van der Waals surface area (Å²) < 4.78 is 11.6. The van der Waals surface area contributed by atoms with Gasteiger partial charge in [-0.15, -0.1) is 11.3 Å². The number of carbonyl (C=O) groups excluding carboxylic acids is 1. The largest absolute Gasteiger partial charge is 0.495 e. The molecule has 1 heterocycles. The molecule has 1 N–H and O–H groups in total. The second kappa shape index (κ2) is 7.72. The van der Waals surface area contributed by atoms with E-state index in [1.165, 1.54) is 14.2 Å². The Kier molecular flexibility index (Phi) is 5.40. The first-order chi connectivity index (χ1) is 12.1. The van der Waals surface area contributed by atoms with E-state index in [9.17, 15) is 4.79 Å². The Morgan fingerprint density at radius 2 is 1.96 bits per heavy atom. The molecule has 3 rings (SSSR count). The fraction of sp³-hybridized carbons (Fsp3) is 0.222. The number of benzene rings is 2. The first-order valence-electron chi connectivity index (χ1n) is 7.66. The van der Waals surface area contributed by atoms with Crippen molar-refractivity contribution < 1.29 is 14.3 Å². The van der Waals surface area contributed by atoms with E-state index in [0.717, 1.165) is 15.2 Å². The molecule has 0 aliphatic rings. The lowest BCUT2D eigenvalue weighted by molar-refractivity contribution is -0.116. The molecular formula is C18H17ClN2O3S. The third-order valence-corrected chi connectivity index (χ3v) is 5.04. The minimum Gasteiger partial charge on any atom is -0.495 e. The van der Waals surface area contributed by atoms with Crippen molar-refractivity contribution in [2.75, 3.05) is 19.5 Å². The number of rotatable bonds is 6. The van der Waals surface area contributed by atoms with Crippen LogP contribution in [0.5, 0.6) is 11.5 Å². The van der Waals surface area contributed by atoms with Crippen LogP contribution in [0.15, 0.2) is 36.4 Å². The van der Waals surface area contributed by atoms with Gasteiger partial charge in [0.05, 0.1) is 40.2 Å². The molecule has 1 aromatic heterocycles. The maximum absolute atomic E-state index is 12.3. The van der Waals surface area contributed by atoms with E-state index in [-0.39, 0.29) is 5.91 Å². The number of hydrogen-bond acceptors (Lipinski definition) is 5. The summed E-state index contributed by atoms with van der Waals surface area (Å²) in [5, 5.41) is 4.21. The van der Waals surface area contributed by atoms with Crippen LogP contribution in [0.2, 0.25) is 5.02 Å². The number of nitrogens with zero attached hydrogens (tertiary/aromatic N) is 1. The van der Waals surface area contributed by atoms with Crippen LogP contribution in [0, 0.1) is 0 Å². The van der Waals surface area contributed by atoms with Gasteiger partial charge in [-0.05, 0) is 12.1 Å². The Labute approximate surface area is 154 Å². The van der Waals surface area contributed by atoms with Crippen LogP contribution in [0.4, 0.5) is 5.69 Å². The quantitative estimate of drug-likeness (QED) is 0.686. The van der Waals surface area contributed by atoms with E-state index in [0.29, 0.717) is 35.1 Å². The van der Waals surface area contributed by atoms with Gasteiger partial charge in [0.1, 0.15) is 11.5 Å². The van der Waals surface area contributed by atoms with Crippen molar-refractivity contribution in [3.05, 3.63) is 46.4 Å². The van der Waals surface area contributed by atoms with Gasteiger partial charge in [0, 0.05) is 25.0 Å². The number of ether oxygens (including phenoxy) is 2. The lowest BCUT2D eigenvalue weighted by atomic mass is 10.2. The zero-order valence-electron chi connectivity index (χ0n) is 13.8. The summed E-state index contributed by atoms with van der Waals surface area (Å²) in [7, 11) is 3.04. The monoisotopic (exact) mass is 376 g/mol. The van der Waals surface area contributed by atoms with E-state index in [4.69, 9.17) is 21.1 Å². The predicted octanol–water partition coefficient (Wildman–Crippen LogP) is 4.54. The average Bonchev–Trinajstić information content (AvgIpc) is 3.04. The van der Waals surface area contributed by atoms with Crippen LogP contribution in [0.25, 0.3) is 10.2 Å². The summed E-state index contributed by atoms with van der Waals surface area (Å²) in [5.74, 6) is 0.838. The molecule has 2 aromatic carbocycles. The number of aryl methyl sites for hydroxylation is 1. The Bertz CT molecular complexity index is 877. The molecule has 0 aliphatic carbocycles. The number of para-hydroxylation sites is 1. The first-order valence-corrected chi connectivity index (χ1v) is 8.86. The second-order valence-electron chi connectivity index (χ2n) is 5.31. The summed E-state index contributed by atoms with van der Waals surface area (Å²) in [6.07, 6.45) is 0.909. The van der Waals surface area contributed by atoms with Crippen molar-refractivity contribution in [2.45, 2.75) is 12.8 Å². The Morgan fingerprint density at radius 1 is 1.20 bits per heavy atom. The van der Waals surface area contributed by atoms with E-state index in [1.807, 2.05) is 24.3 Å². The van der Waals surface area contributed by atoms with Crippen LogP contribution >= 0.6 is 22.9 Å². The van der Waals surface area contributed by atoms with Gasteiger partial charge in [-0.1, -0.05) is 23.7 Å². The molecule has 0 saturated carbocycles. The maximum atomic E-state index is 12.3. The third-order valence-electron chi connectivity index (χ3n) is 3.65. The smallest absolute Gasteiger partial charge is 0.224 e. The number of aromatic nitrogens is 1. The molecule has 0 saturated heterocycles. The van der Waals surface area contributed by atoms with Gasteiger partial charge >= 0.3 is 0 Å². The standard InChI is InChI=1S/C18H17ClN2O3S/c1-23-14-10-13(15(24-2)9-11(14)19)20-17(22)7-8-18-21-12-5-3-4-6-16(12)25-18/h3-6,9-10H,7-8H2,1-2H3,(H,20,22). The molecule has 3 aromatic rings. The molecule has 0 bridgehead atoms. The van der Waals surface area contributed by atoms with Crippen molar-refractivity contribution in [3.8, 4) is 11.5 Å². The lowest BCUT2D eigenvalue weighted by Gasteiger charge is -2.13. The Morgan fingerprint density at radius 3 is 2.68 bits per heavy atom. The number of hydrogen-bond donors (Lipinski definition) is 1. The molecule has 7 heteroatoms. The normalized spacial score (nSPS) is 10.7. The van der Waals surface area contributed by atoms with E-state index < -0.39 is 0 Å². The number of halogens is 1. The second-order valence-corrected chi connectivity index (χ2v) is 6.83. The topological polar surface area (TPSA) is 60.5 Å². The summed E-state index contributed by atoms with van der Waals surface area (Å²) in [4.78, 5) is 16.8. The van der Waals surface area contributed by atoms with E-state index in [1.54, 1.807) is 23.5 Å². The van der Waals surface area contributed by atoms with Gasteiger partial charge in [0.2, 0.25) is 5.91 Å².